The maximum atomic E-state index is 12.7. The lowest BCUT2D eigenvalue weighted by Gasteiger charge is -2.32. The van der Waals surface area contributed by atoms with Gasteiger partial charge in [0.15, 0.2) is 0 Å². The second-order valence-corrected chi connectivity index (χ2v) is 9.34. The molecular formula is C22H31ClN4O4S. The number of hydrogen-bond acceptors (Lipinski definition) is 7. The number of halogens is 1. The monoisotopic (exact) mass is 482 g/mol. The van der Waals surface area contributed by atoms with Crippen LogP contribution in [0.3, 0.4) is 0 Å². The average Bonchev–Trinajstić information content (AvgIpc) is 2.79. The normalized spacial score (nSPS) is 17.6. The van der Waals surface area contributed by atoms with Gasteiger partial charge in [-0.25, -0.2) is 0 Å². The van der Waals surface area contributed by atoms with Gasteiger partial charge in [-0.3, -0.25) is 9.59 Å². The zero-order chi connectivity index (χ0) is 23.1. The predicted octanol–water partition coefficient (Wildman–Crippen LogP) is 2.65. The van der Waals surface area contributed by atoms with Crippen LogP contribution in [0.4, 0.5) is 5.69 Å². The summed E-state index contributed by atoms with van der Waals surface area (Å²) in [7, 11) is 3.62. The molecule has 0 radical (unpaired) electrons. The Morgan fingerprint density at radius 3 is 2.66 bits per heavy atom. The summed E-state index contributed by atoms with van der Waals surface area (Å²) < 4.78 is 10.8. The summed E-state index contributed by atoms with van der Waals surface area (Å²) in [6.07, 6.45) is 0.869. The summed E-state index contributed by atoms with van der Waals surface area (Å²) in [6.45, 7) is 8.13. The van der Waals surface area contributed by atoms with Gasteiger partial charge >= 0.3 is 0 Å². The van der Waals surface area contributed by atoms with Gasteiger partial charge in [0.25, 0.3) is 11.8 Å². The summed E-state index contributed by atoms with van der Waals surface area (Å²) in [6, 6.07) is 3.10. The van der Waals surface area contributed by atoms with Crippen molar-refractivity contribution in [2.45, 2.75) is 13.3 Å². The number of carbonyl (C=O) groups is 2. The third kappa shape index (κ3) is 6.54. The molecule has 2 aliphatic rings. The standard InChI is InChI=1S/C22H31ClN4O4S/c1-15-20(32-12-11-31-15)22(29)25-18-14-19(30-3)16(13-17(18)23)21(28)24-5-4-6-27-9-7-26(2)8-10-27/h13-14H,4-12H2,1-3H3,(H,24,28)(H,25,29). The summed E-state index contributed by atoms with van der Waals surface area (Å²) in [5, 5.41) is 6.00. The molecule has 0 saturated carbocycles. The molecule has 3 rings (SSSR count). The molecule has 0 atom stereocenters. The van der Waals surface area contributed by atoms with E-state index >= 15 is 0 Å². The predicted molar refractivity (Wildman–Crippen MR) is 129 cm³/mol. The van der Waals surface area contributed by atoms with Crippen LogP contribution >= 0.6 is 23.4 Å². The van der Waals surface area contributed by atoms with E-state index < -0.39 is 0 Å². The quantitative estimate of drug-likeness (QED) is 0.551. The van der Waals surface area contributed by atoms with Crippen LogP contribution in [0.25, 0.3) is 0 Å². The smallest absolute Gasteiger partial charge is 0.265 e. The van der Waals surface area contributed by atoms with Gasteiger partial charge in [-0.05, 0) is 33.0 Å². The summed E-state index contributed by atoms with van der Waals surface area (Å²) in [5.41, 5.74) is 0.715. The number of allylic oxidation sites excluding steroid dienone is 1. The van der Waals surface area contributed by atoms with E-state index in [9.17, 15) is 9.59 Å². The molecule has 2 aliphatic heterocycles. The molecule has 1 aromatic carbocycles. The van der Waals surface area contributed by atoms with E-state index in [1.54, 1.807) is 13.0 Å². The van der Waals surface area contributed by atoms with E-state index in [0.29, 0.717) is 46.6 Å². The number of benzene rings is 1. The van der Waals surface area contributed by atoms with Gasteiger partial charge in [-0.1, -0.05) is 11.6 Å². The Hall–Kier alpha value is -1.94. The minimum atomic E-state index is -0.294. The highest BCUT2D eigenvalue weighted by atomic mass is 35.5. The first-order valence-electron chi connectivity index (χ1n) is 10.7. The Bertz CT molecular complexity index is 872. The molecule has 2 amide bonds. The van der Waals surface area contributed by atoms with E-state index in [1.807, 2.05) is 0 Å². The lowest BCUT2D eigenvalue weighted by Crippen LogP contribution is -2.45. The van der Waals surface area contributed by atoms with E-state index in [-0.39, 0.29) is 16.8 Å². The summed E-state index contributed by atoms with van der Waals surface area (Å²) in [5.74, 6) is 1.10. The first kappa shape index (κ1) is 24.7. The number of nitrogens with zero attached hydrogens (tertiary/aromatic N) is 2. The minimum absolute atomic E-state index is 0.255. The highest BCUT2D eigenvalue weighted by Gasteiger charge is 2.22. The second kappa shape index (κ2) is 11.8. The van der Waals surface area contributed by atoms with Gasteiger partial charge in [-0.2, -0.15) is 0 Å². The number of amides is 2. The van der Waals surface area contributed by atoms with Gasteiger partial charge in [0.1, 0.15) is 16.4 Å². The summed E-state index contributed by atoms with van der Waals surface area (Å²) >= 11 is 7.82. The first-order chi connectivity index (χ1) is 15.4. The minimum Gasteiger partial charge on any atom is -0.496 e. The largest absolute Gasteiger partial charge is 0.496 e. The SMILES string of the molecule is COc1cc(NC(=O)C2=C(C)OCCS2)c(Cl)cc1C(=O)NCCCN1CCN(C)CC1. The Morgan fingerprint density at radius 1 is 1.22 bits per heavy atom. The van der Waals surface area contributed by atoms with Crippen LogP contribution in [-0.4, -0.2) is 87.4 Å². The molecule has 0 aliphatic carbocycles. The number of carbonyl (C=O) groups excluding carboxylic acids is 2. The van der Waals surface area contributed by atoms with Gasteiger partial charge in [0, 0.05) is 44.5 Å². The molecule has 10 heteroatoms. The third-order valence-electron chi connectivity index (χ3n) is 5.49. The van der Waals surface area contributed by atoms with E-state index in [0.717, 1.165) is 39.1 Å². The van der Waals surface area contributed by atoms with Crippen molar-refractivity contribution in [1.29, 1.82) is 0 Å². The maximum Gasteiger partial charge on any atom is 0.265 e. The molecule has 0 aromatic heterocycles. The molecule has 32 heavy (non-hydrogen) atoms. The van der Waals surface area contributed by atoms with Crippen molar-refractivity contribution in [2.24, 2.45) is 0 Å². The number of piperazine rings is 1. The van der Waals surface area contributed by atoms with Gasteiger partial charge in [0.2, 0.25) is 0 Å². The lowest BCUT2D eigenvalue weighted by atomic mass is 10.1. The number of ether oxygens (including phenoxy) is 2. The molecule has 0 bridgehead atoms. The first-order valence-corrected chi connectivity index (χ1v) is 12.1. The lowest BCUT2D eigenvalue weighted by molar-refractivity contribution is -0.112. The highest BCUT2D eigenvalue weighted by molar-refractivity contribution is 8.04. The topological polar surface area (TPSA) is 83.1 Å². The van der Waals surface area contributed by atoms with Crippen molar-refractivity contribution in [3.05, 3.63) is 33.4 Å². The Morgan fingerprint density at radius 2 is 1.97 bits per heavy atom. The molecule has 1 saturated heterocycles. The molecule has 2 N–H and O–H groups in total. The van der Waals surface area contributed by atoms with E-state index in [2.05, 4.69) is 27.5 Å². The number of anilines is 1. The van der Waals surface area contributed by atoms with Crippen LogP contribution in [0.1, 0.15) is 23.7 Å². The van der Waals surface area contributed by atoms with E-state index in [1.165, 1.54) is 24.9 Å². The second-order valence-electron chi connectivity index (χ2n) is 7.82. The molecule has 8 nitrogen and oxygen atoms in total. The Balaban J connectivity index is 1.57. The maximum absolute atomic E-state index is 12.7. The number of methoxy groups -OCH3 is 1. The van der Waals surface area contributed by atoms with Crippen molar-refractivity contribution in [3.63, 3.8) is 0 Å². The average molecular weight is 483 g/mol. The van der Waals surface area contributed by atoms with Crippen LogP contribution < -0.4 is 15.4 Å². The molecule has 0 unspecified atom stereocenters. The zero-order valence-corrected chi connectivity index (χ0v) is 20.4. The number of hydrogen-bond donors (Lipinski definition) is 2. The van der Waals surface area contributed by atoms with Crippen molar-refractivity contribution in [1.82, 2.24) is 15.1 Å². The molecule has 1 fully saturated rings. The fourth-order valence-electron chi connectivity index (χ4n) is 3.58. The molecule has 176 valence electrons. The highest BCUT2D eigenvalue weighted by Crippen LogP contribution is 2.33. The number of nitrogens with one attached hydrogen (secondary N) is 2. The summed E-state index contributed by atoms with van der Waals surface area (Å²) in [4.78, 5) is 30.6. The van der Waals surface area contributed by atoms with Crippen LogP contribution in [0.2, 0.25) is 5.02 Å². The van der Waals surface area contributed by atoms with Crippen molar-refractivity contribution in [2.75, 3.05) is 71.1 Å². The van der Waals surface area contributed by atoms with Crippen molar-refractivity contribution >= 4 is 40.9 Å². The van der Waals surface area contributed by atoms with Crippen LogP contribution in [0.15, 0.2) is 22.8 Å². The molecule has 0 spiro atoms. The molecular weight excluding hydrogens is 452 g/mol. The zero-order valence-electron chi connectivity index (χ0n) is 18.8. The number of thioether (sulfide) groups is 1. The van der Waals surface area contributed by atoms with Crippen LogP contribution in [0, 0.1) is 0 Å². The van der Waals surface area contributed by atoms with Crippen molar-refractivity contribution in [3.8, 4) is 5.75 Å². The number of rotatable bonds is 8. The van der Waals surface area contributed by atoms with Gasteiger partial charge in [0.05, 0.1) is 30.0 Å². The molecule has 2 heterocycles. The fourth-order valence-corrected chi connectivity index (χ4v) is 4.60. The van der Waals surface area contributed by atoms with Crippen LogP contribution in [0.5, 0.6) is 5.75 Å². The van der Waals surface area contributed by atoms with Crippen molar-refractivity contribution < 1.29 is 19.1 Å². The Kier molecular flexibility index (Phi) is 9.10. The fraction of sp³-hybridized carbons (Fsp3) is 0.545. The Labute approximate surface area is 198 Å². The number of likely N-dealkylation sites (N-methyl/N-ethyl adjacent to an activating group) is 1. The van der Waals surface area contributed by atoms with E-state index in [4.69, 9.17) is 21.1 Å². The molecule has 1 aromatic rings. The van der Waals surface area contributed by atoms with Gasteiger partial charge in [-0.15, -0.1) is 11.8 Å². The van der Waals surface area contributed by atoms with Gasteiger partial charge < -0.3 is 29.9 Å². The third-order valence-corrected chi connectivity index (χ3v) is 6.93. The van der Waals surface area contributed by atoms with Crippen LogP contribution in [-0.2, 0) is 9.53 Å².